The summed E-state index contributed by atoms with van der Waals surface area (Å²) in [6.45, 7) is 4.14. The van der Waals surface area contributed by atoms with Crippen molar-refractivity contribution >= 4 is 28.6 Å². The average molecular weight is 406 g/mol. The molecule has 3 N–H and O–H groups in total. The number of hydrogen-bond acceptors (Lipinski definition) is 3. The van der Waals surface area contributed by atoms with E-state index >= 15 is 0 Å². The molecule has 2 atom stereocenters. The number of carbonyl (C=O) groups is 3. The summed E-state index contributed by atoms with van der Waals surface area (Å²) in [4.78, 5) is 37.1. The molecular weight excluding hydrogens is 380 g/mol. The van der Waals surface area contributed by atoms with Gasteiger partial charge in [-0.15, -0.1) is 0 Å². The number of aromatic nitrogens is 1. The Morgan fingerprint density at radius 1 is 1.13 bits per heavy atom. The molecular formula is C23H26N4O3. The van der Waals surface area contributed by atoms with Crippen molar-refractivity contribution in [1.82, 2.24) is 20.5 Å². The van der Waals surface area contributed by atoms with Crippen molar-refractivity contribution in [3.05, 3.63) is 48.2 Å². The second-order valence-electron chi connectivity index (χ2n) is 8.73. The molecule has 1 spiro atoms. The van der Waals surface area contributed by atoms with Crippen LogP contribution in [-0.2, 0) is 10.3 Å². The lowest BCUT2D eigenvalue weighted by Gasteiger charge is -2.47. The fraction of sp³-hybridized carbons (Fsp3) is 0.435. The molecule has 0 unspecified atom stereocenters. The first-order chi connectivity index (χ1) is 14.5. The Morgan fingerprint density at radius 3 is 2.60 bits per heavy atom. The van der Waals surface area contributed by atoms with E-state index in [2.05, 4.69) is 27.1 Å². The summed E-state index contributed by atoms with van der Waals surface area (Å²) in [5, 5.41) is 10.0. The van der Waals surface area contributed by atoms with Gasteiger partial charge in [-0.05, 0) is 62.8 Å². The predicted octanol–water partition coefficient (Wildman–Crippen LogP) is 2.22. The van der Waals surface area contributed by atoms with Crippen LogP contribution < -0.4 is 16.0 Å². The van der Waals surface area contributed by atoms with Crippen molar-refractivity contribution in [3.8, 4) is 0 Å². The molecule has 0 radical (unpaired) electrons. The van der Waals surface area contributed by atoms with E-state index in [1.165, 1.54) is 6.08 Å². The fourth-order valence-electron chi connectivity index (χ4n) is 5.22. The van der Waals surface area contributed by atoms with Gasteiger partial charge in [-0.2, -0.15) is 0 Å². The van der Waals surface area contributed by atoms with Crippen LogP contribution in [0.25, 0.3) is 10.9 Å². The normalized spacial score (nSPS) is 24.1. The highest BCUT2D eigenvalue weighted by atomic mass is 16.2. The zero-order valence-electron chi connectivity index (χ0n) is 16.9. The molecule has 2 aliphatic carbocycles. The van der Waals surface area contributed by atoms with Crippen LogP contribution in [0.1, 0.15) is 59.4 Å². The monoisotopic (exact) mass is 406 g/mol. The number of fused-ring (bicyclic) bond motifs is 4. The van der Waals surface area contributed by atoms with Gasteiger partial charge < -0.3 is 20.5 Å². The number of rotatable bonds is 4. The summed E-state index contributed by atoms with van der Waals surface area (Å²) in [7, 11) is 0. The lowest BCUT2D eigenvalue weighted by molar-refractivity contribution is -0.117. The lowest BCUT2D eigenvalue weighted by Crippen LogP contribution is -2.55. The largest absolute Gasteiger partial charge is 0.348 e. The topological polar surface area (TPSA) is 92.2 Å². The van der Waals surface area contributed by atoms with Gasteiger partial charge in [-0.25, -0.2) is 0 Å². The Kier molecular flexibility index (Phi) is 4.41. The van der Waals surface area contributed by atoms with E-state index < -0.39 is 0 Å². The fourth-order valence-corrected chi connectivity index (χ4v) is 5.22. The predicted molar refractivity (Wildman–Crippen MR) is 113 cm³/mol. The maximum atomic E-state index is 13.0. The van der Waals surface area contributed by atoms with E-state index in [0.29, 0.717) is 17.8 Å². The third-order valence-electron chi connectivity index (χ3n) is 6.98. The summed E-state index contributed by atoms with van der Waals surface area (Å²) in [6, 6.07) is 7.37. The van der Waals surface area contributed by atoms with Crippen LogP contribution in [0.15, 0.2) is 36.9 Å². The Balaban J connectivity index is 1.43. The molecule has 3 amide bonds. The summed E-state index contributed by atoms with van der Waals surface area (Å²) >= 11 is 0. The van der Waals surface area contributed by atoms with Crippen LogP contribution in [-0.4, -0.2) is 40.9 Å². The van der Waals surface area contributed by atoms with Crippen molar-refractivity contribution in [3.63, 3.8) is 0 Å². The van der Waals surface area contributed by atoms with Gasteiger partial charge in [-0.3, -0.25) is 14.4 Å². The number of amides is 3. The summed E-state index contributed by atoms with van der Waals surface area (Å²) < 4.78 is 2.16. The van der Waals surface area contributed by atoms with Crippen molar-refractivity contribution in [2.45, 2.75) is 56.1 Å². The number of nitrogens with zero attached hydrogens (tertiary/aromatic N) is 1. The number of benzene rings is 1. The first kappa shape index (κ1) is 18.9. The van der Waals surface area contributed by atoms with E-state index in [0.717, 1.165) is 49.4 Å². The second-order valence-corrected chi connectivity index (χ2v) is 8.73. The molecule has 2 saturated carbocycles. The van der Waals surface area contributed by atoms with Crippen LogP contribution in [0.2, 0.25) is 0 Å². The van der Waals surface area contributed by atoms with Gasteiger partial charge >= 0.3 is 0 Å². The molecule has 30 heavy (non-hydrogen) atoms. The first-order valence-electron chi connectivity index (χ1n) is 10.7. The maximum Gasteiger partial charge on any atom is 0.268 e. The Bertz CT molecular complexity index is 1070. The van der Waals surface area contributed by atoms with E-state index in [1.54, 1.807) is 6.07 Å². The Morgan fingerprint density at radius 2 is 1.90 bits per heavy atom. The number of carbonyl (C=O) groups excluding carboxylic acids is 3. The molecule has 1 aromatic carbocycles. The van der Waals surface area contributed by atoms with E-state index in [1.807, 2.05) is 18.2 Å². The van der Waals surface area contributed by atoms with Crippen LogP contribution >= 0.6 is 0 Å². The zero-order valence-corrected chi connectivity index (χ0v) is 16.9. The number of nitrogens with one attached hydrogen (secondary N) is 3. The van der Waals surface area contributed by atoms with Crippen LogP contribution in [0.3, 0.4) is 0 Å². The summed E-state index contributed by atoms with van der Waals surface area (Å²) in [5.74, 6) is -0.423. The Labute approximate surface area is 174 Å². The summed E-state index contributed by atoms with van der Waals surface area (Å²) in [6.07, 6.45) is 7.10. The molecule has 3 aliphatic rings. The maximum absolute atomic E-state index is 13.0. The molecule has 7 nitrogen and oxygen atoms in total. The molecule has 156 valence electrons. The second kappa shape index (κ2) is 7.00. The highest BCUT2D eigenvalue weighted by Crippen LogP contribution is 2.44. The SMILES string of the molecule is C=CC(=O)N[C@H]1CCC[C@H]1NC(=O)c1ccc2cc3n(c2c1)C1(CCC1)CNC3=O. The van der Waals surface area contributed by atoms with Crippen molar-refractivity contribution in [2.75, 3.05) is 6.54 Å². The first-order valence-corrected chi connectivity index (χ1v) is 10.7. The van der Waals surface area contributed by atoms with E-state index in [9.17, 15) is 14.4 Å². The van der Waals surface area contributed by atoms with Gasteiger partial charge in [0, 0.05) is 29.6 Å². The smallest absolute Gasteiger partial charge is 0.268 e. The minimum Gasteiger partial charge on any atom is -0.348 e. The van der Waals surface area contributed by atoms with E-state index in [-0.39, 0.29) is 35.3 Å². The van der Waals surface area contributed by atoms with Gasteiger partial charge in [-0.1, -0.05) is 12.6 Å². The highest BCUT2D eigenvalue weighted by molar-refractivity contribution is 6.03. The Hall–Kier alpha value is -3.09. The van der Waals surface area contributed by atoms with Crippen LogP contribution in [0, 0.1) is 0 Å². The van der Waals surface area contributed by atoms with Crippen molar-refractivity contribution in [1.29, 1.82) is 0 Å². The highest BCUT2D eigenvalue weighted by Gasteiger charge is 2.44. The lowest BCUT2D eigenvalue weighted by atomic mass is 9.75. The molecule has 0 saturated heterocycles. The number of hydrogen-bond donors (Lipinski definition) is 3. The van der Waals surface area contributed by atoms with E-state index in [4.69, 9.17) is 0 Å². The van der Waals surface area contributed by atoms with Gasteiger partial charge in [0.15, 0.2) is 0 Å². The van der Waals surface area contributed by atoms with Crippen molar-refractivity contribution < 1.29 is 14.4 Å². The third kappa shape index (κ3) is 2.91. The molecule has 2 heterocycles. The molecule has 5 rings (SSSR count). The standard InChI is InChI=1S/C23H26N4O3/c1-2-20(28)25-16-5-3-6-17(16)26-21(29)15-8-7-14-11-19-22(30)24-13-23(9-4-10-23)27(19)18(14)12-15/h2,7-8,11-12,16-17H,1,3-6,9-10,13H2,(H,24,30)(H,25,28)(H,26,29)/t16-,17+/m0/s1. The summed E-state index contributed by atoms with van der Waals surface area (Å²) in [5.41, 5.74) is 2.13. The molecule has 1 aromatic heterocycles. The molecule has 0 bridgehead atoms. The van der Waals surface area contributed by atoms with Gasteiger partial charge in [0.2, 0.25) is 5.91 Å². The molecule has 2 fully saturated rings. The minimum absolute atomic E-state index is 0.0542. The average Bonchev–Trinajstić information content (AvgIpc) is 3.31. The van der Waals surface area contributed by atoms with Crippen LogP contribution in [0.4, 0.5) is 0 Å². The molecule has 1 aliphatic heterocycles. The molecule has 7 heteroatoms. The van der Waals surface area contributed by atoms with Gasteiger partial charge in [0.25, 0.3) is 11.8 Å². The van der Waals surface area contributed by atoms with Gasteiger partial charge in [0.05, 0.1) is 11.1 Å². The zero-order chi connectivity index (χ0) is 20.9. The van der Waals surface area contributed by atoms with Crippen LogP contribution in [0.5, 0.6) is 0 Å². The molecule has 2 aromatic rings. The van der Waals surface area contributed by atoms with Crippen molar-refractivity contribution in [2.24, 2.45) is 0 Å². The third-order valence-corrected chi connectivity index (χ3v) is 6.98. The minimum atomic E-state index is -0.216. The van der Waals surface area contributed by atoms with Gasteiger partial charge in [0.1, 0.15) is 5.69 Å². The quantitative estimate of drug-likeness (QED) is 0.680.